The molecule has 0 aromatic carbocycles. The van der Waals surface area contributed by atoms with Crippen molar-refractivity contribution in [3.63, 3.8) is 0 Å². The molecule has 1 aliphatic heterocycles. The molecule has 5 heteroatoms. The fourth-order valence-electron chi connectivity index (χ4n) is 1.23. The second-order valence-corrected chi connectivity index (χ2v) is 2.77. The number of fused-ring (bicyclic) bond motifs is 1. The highest BCUT2D eigenvalue weighted by Gasteiger charge is 2.19. The molecule has 0 amide bonds. The molecule has 0 saturated carbocycles. The van der Waals surface area contributed by atoms with Crippen LogP contribution < -0.4 is 5.01 Å². The van der Waals surface area contributed by atoms with Gasteiger partial charge in [-0.15, -0.1) is 0 Å². The zero-order valence-electron chi connectivity index (χ0n) is 6.38. The fraction of sp³-hybridized carbons (Fsp3) is 0.286. The first-order chi connectivity index (χ1) is 5.95. The van der Waals surface area contributed by atoms with Gasteiger partial charge in [-0.25, -0.2) is 19.6 Å². The van der Waals surface area contributed by atoms with Crippen molar-refractivity contribution < 1.29 is 0 Å². The normalized spacial score (nSPS) is 15.5. The monoisotopic (exact) mass is 161 g/mol. The van der Waals surface area contributed by atoms with Crippen molar-refractivity contribution in [2.75, 3.05) is 18.1 Å². The summed E-state index contributed by atoms with van der Waals surface area (Å²) in [5.74, 6) is 0. The molecule has 0 spiro atoms. The highest BCUT2D eigenvalue weighted by molar-refractivity contribution is 5.69. The predicted molar refractivity (Wildman–Crippen MR) is 43.3 cm³/mol. The Hall–Kier alpha value is -1.65. The molecule has 1 aliphatic rings. The van der Waals surface area contributed by atoms with Gasteiger partial charge in [0.2, 0.25) is 0 Å². The maximum absolute atomic E-state index is 4.15. The minimum Gasteiger partial charge on any atom is -0.308 e. The van der Waals surface area contributed by atoms with Crippen LogP contribution in [0.5, 0.6) is 0 Å². The van der Waals surface area contributed by atoms with E-state index >= 15 is 0 Å². The molecule has 0 bridgehead atoms. The zero-order valence-corrected chi connectivity index (χ0v) is 6.38. The summed E-state index contributed by atoms with van der Waals surface area (Å²) in [5.41, 5.74) is 1.74. The summed E-state index contributed by atoms with van der Waals surface area (Å²) < 4.78 is 2.00. The van der Waals surface area contributed by atoms with Crippen LogP contribution in [0.2, 0.25) is 0 Å². The van der Waals surface area contributed by atoms with Crippen molar-refractivity contribution in [1.82, 2.24) is 19.6 Å². The van der Waals surface area contributed by atoms with E-state index < -0.39 is 0 Å². The minimum atomic E-state index is 0.761. The van der Waals surface area contributed by atoms with E-state index in [0.29, 0.717) is 0 Å². The Bertz CT molecular complexity index is 416. The molecule has 2 aromatic rings. The van der Waals surface area contributed by atoms with Gasteiger partial charge in [-0.1, -0.05) is 0 Å². The topological polar surface area (TPSA) is 46.6 Å². The van der Waals surface area contributed by atoms with Gasteiger partial charge in [0.25, 0.3) is 0 Å². The van der Waals surface area contributed by atoms with E-state index in [2.05, 4.69) is 20.0 Å². The molecule has 1 saturated heterocycles. The predicted octanol–water partition coefficient (Wildman–Crippen LogP) is -0.222. The van der Waals surface area contributed by atoms with Gasteiger partial charge < -0.3 is 5.01 Å². The lowest BCUT2D eigenvalue weighted by atomic mass is 10.6. The zero-order chi connectivity index (χ0) is 7.97. The third-order valence-electron chi connectivity index (χ3n) is 1.94. The lowest BCUT2D eigenvalue weighted by molar-refractivity contribution is 0.863. The van der Waals surface area contributed by atoms with Crippen molar-refractivity contribution in [3.8, 4) is 0 Å². The van der Waals surface area contributed by atoms with Gasteiger partial charge in [0.05, 0.1) is 19.3 Å². The third kappa shape index (κ3) is 0.702. The Morgan fingerprint density at radius 1 is 1.25 bits per heavy atom. The van der Waals surface area contributed by atoms with Crippen molar-refractivity contribution in [2.45, 2.75) is 0 Å². The number of aromatic nitrogens is 4. The summed E-state index contributed by atoms with van der Waals surface area (Å²) in [6.45, 7) is 2.20. The molecule has 2 aromatic heterocycles. The summed E-state index contributed by atoms with van der Waals surface area (Å²) in [5, 5.41) is 2.17. The number of hydrogen-bond acceptors (Lipinski definition) is 4. The molecular formula is C7H7N5. The van der Waals surface area contributed by atoms with E-state index in [1.165, 1.54) is 6.33 Å². The van der Waals surface area contributed by atoms with Gasteiger partial charge in [-0.2, -0.15) is 0 Å². The quantitative estimate of drug-likeness (QED) is 0.542. The summed E-state index contributed by atoms with van der Waals surface area (Å²) in [6.07, 6.45) is 5.09. The summed E-state index contributed by atoms with van der Waals surface area (Å²) >= 11 is 0. The number of rotatable bonds is 1. The first-order valence-corrected chi connectivity index (χ1v) is 3.83. The van der Waals surface area contributed by atoms with Crippen LogP contribution in [0.25, 0.3) is 11.2 Å². The Kier molecular flexibility index (Phi) is 0.957. The molecule has 0 radical (unpaired) electrons. The van der Waals surface area contributed by atoms with Gasteiger partial charge >= 0.3 is 0 Å². The standard InChI is InChI=1S/C7H7N5/c1-2-11(1)12-5-10-7-6(12)3-8-4-9-7/h3-5H,1-2H2. The van der Waals surface area contributed by atoms with E-state index in [-0.39, 0.29) is 0 Å². The van der Waals surface area contributed by atoms with Crippen LogP contribution in [0, 0.1) is 0 Å². The smallest absolute Gasteiger partial charge is 0.182 e. The van der Waals surface area contributed by atoms with E-state index in [1.807, 2.05) is 4.68 Å². The van der Waals surface area contributed by atoms with Crippen LogP contribution >= 0.6 is 0 Å². The van der Waals surface area contributed by atoms with Crippen molar-refractivity contribution in [3.05, 3.63) is 18.9 Å². The number of nitrogens with zero attached hydrogens (tertiary/aromatic N) is 5. The van der Waals surface area contributed by atoms with Crippen LogP contribution in [0.4, 0.5) is 0 Å². The average Bonchev–Trinajstić information content (AvgIpc) is 2.86. The second-order valence-electron chi connectivity index (χ2n) is 2.77. The highest BCUT2D eigenvalue weighted by Crippen LogP contribution is 2.12. The molecule has 12 heavy (non-hydrogen) atoms. The minimum absolute atomic E-state index is 0.761. The van der Waals surface area contributed by atoms with Crippen LogP contribution in [0.1, 0.15) is 0 Å². The average molecular weight is 161 g/mol. The van der Waals surface area contributed by atoms with Gasteiger partial charge in [0.1, 0.15) is 18.2 Å². The SMILES string of the molecule is c1ncc2c(n1)ncn2N1CC1. The third-order valence-corrected chi connectivity index (χ3v) is 1.94. The van der Waals surface area contributed by atoms with Gasteiger partial charge in [-0.3, -0.25) is 0 Å². The summed E-state index contributed by atoms with van der Waals surface area (Å²) in [6, 6.07) is 0. The highest BCUT2D eigenvalue weighted by atomic mass is 15.6. The Morgan fingerprint density at radius 3 is 3.00 bits per heavy atom. The summed E-state index contributed by atoms with van der Waals surface area (Å²) in [4.78, 5) is 12.1. The lowest BCUT2D eigenvalue weighted by Crippen LogP contribution is -2.09. The van der Waals surface area contributed by atoms with E-state index in [4.69, 9.17) is 0 Å². The van der Waals surface area contributed by atoms with E-state index in [9.17, 15) is 0 Å². The largest absolute Gasteiger partial charge is 0.308 e. The first kappa shape index (κ1) is 5.93. The molecule has 0 N–H and O–H groups in total. The summed E-state index contributed by atoms with van der Waals surface area (Å²) in [7, 11) is 0. The van der Waals surface area contributed by atoms with Crippen LogP contribution in [0.3, 0.4) is 0 Å². The molecule has 5 nitrogen and oxygen atoms in total. The molecule has 1 fully saturated rings. The fourth-order valence-corrected chi connectivity index (χ4v) is 1.23. The van der Waals surface area contributed by atoms with Gasteiger partial charge in [-0.05, 0) is 0 Å². The van der Waals surface area contributed by atoms with Gasteiger partial charge in [0.15, 0.2) is 5.65 Å². The molecule has 3 rings (SSSR count). The second kappa shape index (κ2) is 1.94. The van der Waals surface area contributed by atoms with Crippen LogP contribution in [-0.4, -0.2) is 32.7 Å². The maximum atomic E-state index is 4.15. The lowest BCUT2D eigenvalue weighted by Gasteiger charge is -2.02. The molecule has 0 aliphatic carbocycles. The Morgan fingerprint density at radius 2 is 2.17 bits per heavy atom. The molecule has 3 heterocycles. The Labute approximate surface area is 68.6 Å². The Balaban J connectivity index is 2.30. The molecule has 60 valence electrons. The number of hydrogen-bond donors (Lipinski definition) is 0. The van der Waals surface area contributed by atoms with Crippen molar-refractivity contribution in [2.24, 2.45) is 0 Å². The molecular weight excluding hydrogens is 154 g/mol. The van der Waals surface area contributed by atoms with Crippen LogP contribution in [-0.2, 0) is 0 Å². The van der Waals surface area contributed by atoms with Crippen molar-refractivity contribution >= 4 is 11.2 Å². The number of imidazole rings is 1. The molecule has 0 unspecified atom stereocenters. The van der Waals surface area contributed by atoms with E-state index in [0.717, 1.165) is 24.3 Å². The van der Waals surface area contributed by atoms with Crippen LogP contribution in [0.15, 0.2) is 18.9 Å². The first-order valence-electron chi connectivity index (χ1n) is 3.83. The van der Waals surface area contributed by atoms with Crippen molar-refractivity contribution in [1.29, 1.82) is 0 Å². The van der Waals surface area contributed by atoms with E-state index in [1.54, 1.807) is 12.5 Å². The maximum Gasteiger partial charge on any atom is 0.182 e. The molecule has 0 atom stereocenters. The van der Waals surface area contributed by atoms with Gasteiger partial charge in [0, 0.05) is 0 Å².